The number of nitrogens with one attached hydrogen (secondary N) is 1. The van der Waals surface area contributed by atoms with Crippen LogP contribution in [0.3, 0.4) is 0 Å². The monoisotopic (exact) mass is 289 g/mol. The van der Waals surface area contributed by atoms with Crippen LogP contribution in [0.2, 0.25) is 0 Å². The van der Waals surface area contributed by atoms with Gasteiger partial charge in [0.15, 0.2) is 5.54 Å². The normalized spacial score (nSPS) is 20.9. The molecule has 1 aromatic rings. The van der Waals surface area contributed by atoms with Crippen molar-refractivity contribution in [2.75, 3.05) is 6.61 Å². The number of benzene rings is 1. The smallest absolute Gasteiger partial charge is 0.327 e. The summed E-state index contributed by atoms with van der Waals surface area (Å²) in [5, 5.41) is 13.1. The van der Waals surface area contributed by atoms with E-state index in [1.165, 1.54) is 0 Å². The molecule has 3 rings (SSSR count). The third kappa shape index (κ3) is 2.91. The van der Waals surface area contributed by atoms with Gasteiger partial charge in [0.25, 0.3) is 0 Å². The highest BCUT2D eigenvalue weighted by atomic mass is 16.5. The summed E-state index contributed by atoms with van der Waals surface area (Å²) in [6.07, 6.45) is 4.10. The van der Waals surface area contributed by atoms with Crippen molar-refractivity contribution >= 4 is 5.97 Å². The van der Waals surface area contributed by atoms with Gasteiger partial charge in [-0.25, -0.2) is 0 Å². The summed E-state index contributed by atoms with van der Waals surface area (Å²) < 4.78 is 5.93. The molecule has 114 valence electrons. The summed E-state index contributed by atoms with van der Waals surface area (Å²) in [5.74, 6) is 0.210. The zero-order chi connectivity index (χ0) is 15.0. The molecule has 2 N–H and O–H groups in total. The first kappa shape index (κ1) is 14.4. The predicted octanol–water partition coefficient (Wildman–Crippen LogP) is 2.67. The van der Waals surface area contributed by atoms with E-state index >= 15 is 0 Å². The largest absolute Gasteiger partial charge is 0.491 e. The number of ether oxygens (including phenoxy) is 1. The first-order valence-electron chi connectivity index (χ1n) is 7.73. The van der Waals surface area contributed by atoms with Crippen molar-refractivity contribution < 1.29 is 14.6 Å². The maximum Gasteiger partial charge on any atom is 0.327 e. The lowest BCUT2D eigenvalue weighted by Crippen LogP contribution is -2.59. The van der Waals surface area contributed by atoms with E-state index in [1.54, 1.807) is 0 Å². The summed E-state index contributed by atoms with van der Waals surface area (Å²) >= 11 is 0. The van der Waals surface area contributed by atoms with E-state index < -0.39 is 11.5 Å². The SMILES string of the molecule is Cc1cccc(OCC(NC2CC2)(C(=O)O)C2CC2)c1C. The second-order valence-corrected chi connectivity index (χ2v) is 6.46. The van der Waals surface area contributed by atoms with E-state index in [2.05, 4.69) is 5.32 Å². The number of rotatable bonds is 7. The van der Waals surface area contributed by atoms with Crippen LogP contribution in [-0.2, 0) is 4.79 Å². The van der Waals surface area contributed by atoms with Crippen molar-refractivity contribution in [1.29, 1.82) is 0 Å². The minimum Gasteiger partial charge on any atom is -0.491 e. The molecule has 1 atom stereocenters. The number of carboxylic acid groups (broad SMARTS) is 1. The topological polar surface area (TPSA) is 58.6 Å². The molecule has 1 aromatic carbocycles. The van der Waals surface area contributed by atoms with Gasteiger partial charge < -0.3 is 9.84 Å². The minimum atomic E-state index is -0.919. The number of carbonyl (C=O) groups is 1. The summed E-state index contributed by atoms with van der Waals surface area (Å²) in [4.78, 5) is 11.9. The summed E-state index contributed by atoms with van der Waals surface area (Å²) in [6, 6.07) is 6.25. The molecule has 0 saturated heterocycles. The second-order valence-electron chi connectivity index (χ2n) is 6.46. The molecule has 0 bridgehead atoms. The third-order valence-corrected chi connectivity index (χ3v) is 4.71. The van der Waals surface area contributed by atoms with Gasteiger partial charge in [-0.15, -0.1) is 0 Å². The lowest BCUT2D eigenvalue weighted by Gasteiger charge is -2.31. The highest BCUT2D eigenvalue weighted by molar-refractivity contribution is 5.80. The number of hydrogen-bond acceptors (Lipinski definition) is 3. The van der Waals surface area contributed by atoms with Crippen LogP contribution in [0.4, 0.5) is 0 Å². The van der Waals surface area contributed by atoms with Gasteiger partial charge in [0.2, 0.25) is 0 Å². The zero-order valence-corrected chi connectivity index (χ0v) is 12.7. The van der Waals surface area contributed by atoms with Crippen LogP contribution in [0.1, 0.15) is 36.8 Å². The van der Waals surface area contributed by atoms with Gasteiger partial charge in [0.05, 0.1) is 0 Å². The zero-order valence-electron chi connectivity index (χ0n) is 12.7. The van der Waals surface area contributed by atoms with Gasteiger partial charge in [-0.1, -0.05) is 12.1 Å². The van der Waals surface area contributed by atoms with Crippen molar-refractivity contribution in [3.8, 4) is 5.75 Å². The fourth-order valence-corrected chi connectivity index (χ4v) is 2.82. The van der Waals surface area contributed by atoms with Crippen molar-refractivity contribution in [3.05, 3.63) is 29.3 Å². The number of carboxylic acids is 1. The molecule has 0 aliphatic heterocycles. The predicted molar refractivity (Wildman–Crippen MR) is 80.7 cm³/mol. The molecule has 2 fully saturated rings. The average molecular weight is 289 g/mol. The van der Waals surface area contributed by atoms with E-state index in [-0.39, 0.29) is 12.5 Å². The quantitative estimate of drug-likeness (QED) is 0.810. The molecular weight excluding hydrogens is 266 g/mol. The van der Waals surface area contributed by atoms with Gasteiger partial charge in [0.1, 0.15) is 12.4 Å². The second kappa shape index (κ2) is 5.34. The van der Waals surface area contributed by atoms with E-state index in [0.717, 1.165) is 42.6 Å². The Balaban J connectivity index is 1.77. The van der Waals surface area contributed by atoms with Crippen LogP contribution < -0.4 is 10.1 Å². The molecule has 0 spiro atoms. The Bertz CT molecular complexity index is 549. The van der Waals surface area contributed by atoms with Crippen LogP contribution in [0.25, 0.3) is 0 Å². The van der Waals surface area contributed by atoms with Gasteiger partial charge in [0, 0.05) is 6.04 Å². The molecule has 4 heteroatoms. The Hall–Kier alpha value is -1.55. The number of aliphatic carboxylic acids is 1. The third-order valence-electron chi connectivity index (χ3n) is 4.71. The molecule has 2 saturated carbocycles. The van der Waals surface area contributed by atoms with Gasteiger partial charge >= 0.3 is 5.97 Å². The Morgan fingerprint density at radius 2 is 2.05 bits per heavy atom. The molecule has 21 heavy (non-hydrogen) atoms. The van der Waals surface area contributed by atoms with Gasteiger partial charge in [-0.2, -0.15) is 0 Å². The lowest BCUT2D eigenvalue weighted by atomic mass is 9.94. The maximum absolute atomic E-state index is 11.9. The molecule has 1 unspecified atom stereocenters. The molecular formula is C17H23NO3. The van der Waals surface area contributed by atoms with Crippen molar-refractivity contribution in [2.24, 2.45) is 5.92 Å². The van der Waals surface area contributed by atoms with Crippen molar-refractivity contribution in [3.63, 3.8) is 0 Å². The molecule has 2 aliphatic rings. The Kier molecular flexibility index (Phi) is 3.66. The van der Waals surface area contributed by atoms with Crippen molar-refractivity contribution in [2.45, 2.75) is 51.1 Å². The van der Waals surface area contributed by atoms with E-state index in [4.69, 9.17) is 4.74 Å². The minimum absolute atomic E-state index is 0.195. The highest BCUT2D eigenvalue weighted by Gasteiger charge is 2.54. The van der Waals surface area contributed by atoms with Crippen LogP contribution >= 0.6 is 0 Å². The summed E-state index contributed by atoms with van der Waals surface area (Å²) in [6.45, 7) is 4.25. The molecule has 0 amide bonds. The Labute approximate surface area is 125 Å². The molecule has 0 heterocycles. The molecule has 0 radical (unpaired) electrons. The lowest BCUT2D eigenvalue weighted by molar-refractivity contribution is -0.147. The first-order chi connectivity index (χ1) is 10.0. The summed E-state index contributed by atoms with van der Waals surface area (Å²) in [5.41, 5.74) is 1.33. The Morgan fingerprint density at radius 3 is 2.62 bits per heavy atom. The van der Waals surface area contributed by atoms with Crippen LogP contribution in [-0.4, -0.2) is 29.3 Å². The van der Waals surface area contributed by atoms with Crippen molar-refractivity contribution in [1.82, 2.24) is 5.32 Å². The summed E-state index contributed by atoms with van der Waals surface area (Å²) in [7, 11) is 0. The molecule has 0 aromatic heterocycles. The molecule has 4 nitrogen and oxygen atoms in total. The fraction of sp³-hybridized carbons (Fsp3) is 0.588. The molecule has 2 aliphatic carbocycles. The first-order valence-corrected chi connectivity index (χ1v) is 7.73. The Morgan fingerprint density at radius 1 is 1.33 bits per heavy atom. The van der Waals surface area contributed by atoms with Gasteiger partial charge in [-0.3, -0.25) is 10.1 Å². The fourth-order valence-electron chi connectivity index (χ4n) is 2.82. The van der Waals surface area contributed by atoms with E-state index in [9.17, 15) is 9.90 Å². The average Bonchev–Trinajstić information content (AvgIpc) is 3.31. The standard InChI is InChI=1S/C17H23NO3/c1-11-4-3-5-15(12(11)2)21-10-17(16(19)20,13-6-7-13)18-14-8-9-14/h3-5,13-14,18H,6-10H2,1-2H3,(H,19,20). The number of hydrogen-bond donors (Lipinski definition) is 2. The number of aryl methyl sites for hydroxylation is 1. The van der Waals surface area contributed by atoms with Crippen LogP contribution in [0.5, 0.6) is 5.75 Å². The van der Waals surface area contributed by atoms with Crippen LogP contribution in [0, 0.1) is 19.8 Å². The van der Waals surface area contributed by atoms with Crippen LogP contribution in [0.15, 0.2) is 18.2 Å². The maximum atomic E-state index is 11.9. The highest BCUT2D eigenvalue weighted by Crippen LogP contribution is 2.42. The van der Waals surface area contributed by atoms with Gasteiger partial charge in [-0.05, 0) is 62.6 Å². The van der Waals surface area contributed by atoms with E-state index in [0.29, 0.717) is 6.04 Å². The van der Waals surface area contributed by atoms with E-state index in [1.807, 2.05) is 32.0 Å².